The molecule has 0 spiro atoms. The number of thiophene rings is 1. The second kappa shape index (κ2) is 4.73. The minimum absolute atomic E-state index is 0.0836. The molecule has 3 heteroatoms. The molecule has 0 radical (unpaired) electrons. The first-order valence-electron chi connectivity index (χ1n) is 5.73. The highest BCUT2D eigenvalue weighted by Crippen LogP contribution is 2.32. The van der Waals surface area contributed by atoms with Crippen molar-refractivity contribution < 1.29 is 0 Å². The quantitative estimate of drug-likeness (QED) is 0.725. The molecule has 0 bridgehead atoms. The van der Waals surface area contributed by atoms with Crippen molar-refractivity contribution in [2.75, 3.05) is 0 Å². The fourth-order valence-electron chi connectivity index (χ4n) is 1.99. The minimum Gasteiger partial charge on any atom is -0.320 e. The van der Waals surface area contributed by atoms with Gasteiger partial charge in [0.1, 0.15) is 0 Å². The summed E-state index contributed by atoms with van der Waals surface area (Å²) in [4.78, 5) is 1.18. The fourth-order valence-corrected chi connectivity index (χ4v) is 3.21. The SMILES string of the molecule is NC(c1ccc(Cl)cc1)c1cc2ccccc2s1. The molecule has 0 amide bonds. The average molecular weight is 274 g/mol. The molecule has 2 N–H and O–H groups in total. The highest BCUT2D eigenvalue weighted by atomic mass is 35.5. The molecule has 0 aliphatic rings. The second-order valence-electron chi connectivity index (χ2n) is 4.22. The van der Waals surface area contributed by atoms with Crippen molar-refractivity contribution in [3.8, 4) is 0 Å². The van der Waals surface area contributed by atoms with Gasteiger partial charge in [0, 0.05) is 14.6 Å². The summed E-state index contributed by atoms with van der Waals surface area (Å²) in [7, 11) is 0. The van der Waals surface area contributed by atoms with Gasteiger partial charge < -0.3 is 5.73 Å². The summed E-state index contributed by atoms with van der Waals surface area (Å²) >= 11 is 7.63. The highest BCUT2D eigenvalue weighted by molar-refractivity contribution is 7.19. The predicted molar refractivity (Wildman–Crippen MR) is 79.3 cm³/mol. The zero-order chi connectivity index (χ0) is 12.5. The van der Waals surface area contributed by atoms with E-state index in [2.05, 4.69) is 24.3 Å². The maximum absolute atomic E-state index is 6.30. The van der Waals surface area contributed by atoms with Gasteiger partial charge in [0.05, 0.1) is 6.04 Å². The molecule has 1 aromatic heterocycles. The highest BCUT2D eigenvalue weighted by Gasteiger charge is 2.11. The van der Waals surface area contributed by atoms with Gasteiger partial charge in [0.15, 0.2) is 0 Å². The van der Waals surface area contributed by atoms with E-state index in [-0.39, 0.29) is 6.04 Å². The Kier molecular flexibility index (Phi) is 3.08. The lowest BCUT2D eigenvalue weighted by atomic mass is 10.1. The Balaban J connectivity index is 2.00. The van der Waals surface area contributed by atoms with E-state index in [9.17, 15) is 0 Å². The maximum atomic E-state index is 6.30. The monoisotopic (exact) mass is 273 g/mol. The lowest BCUT2D eigenvalue weighted by Gasteiger charge is -2.09. The van der Waals surface area contributed by atoms with Crippen LogP contribution >= 0.6 is 22.9 Å². The summed E-state index contributed by atoms with van der Waals surface area (Å²) in [6.45, 7) is 0. The summed E-state index contributed by atoms with van der Waals surface area (Å²) in [6.07, 6.45) is 0. The van der Waals surface area contributed by atoms with Gasteiger partial charge in [0.25, 0.3) is 0 Å². The van der Waals surface area contributed by atoms with Crippen LogP contribution in [0.25, 0.3) is 10.1 Å². The van der Waals surface area contributed by atoms with E-state index in [1.54, 1.807) is 11.3 Å². The van der Waals surface area contributed by atoms with Crippen molar-refractivity contribution in [2.45, 2.75) is 6.04 Å². The van der Waals surface area contributed by atoms with Crippen molar-refractivity contribution in [2.24, 2.45) is 5.73 Å². The van der Waals surface area contributed by atoms with Crippen LogP contribution in [-0.4, -0.2) is 0 Å². The third-order valence-corrected chi connectivity index (χ3v) is 4.43. The molecule has 3 aromatic rings. The molecular weight excluding hydrogens is 262 g/mol. The molecule has 0 saturated heterocycles. The molecular formula is C15H12ClNS. The molecule has 0 aliphatic heterocycles. The zero-order valence-electron chi connectivity index (χ0n) is 9.64. The lowest BCUT2D eigenvalue weighted by molar-refractivity contribution is 0.894. The van der Waals surface area contributed by atoms with Crippen molar-refractivity contribution in [1.82, 2.24) is 0 Å². The first-order chi connectivity index (χ1) is 8.74. The van der Waals surface area contributed by atoms with Gasteiger partial charge in [-0.3, -0.25) is 0 Å². The normalized spacial score (nSPS) is 12.8. The summed E-state index contributed by atoms with van der Waals surface area (Å²) in [5, 5.41) is 1.99. The van der Waals surface area contributed by atoms with Crippen LogP contribution in [0.2, 0.25) is 5.02 Å². The molecule has 3 rings (SSSR count). The molecule has 18 heavy (non-hydrogen) atoms. The maximum Gasteiger partial charge on any atom is 0.0646 e. The summed E-state index contributed by atoms with van der Waals surface area (Å²) < 4.78 is 1.27. The van der Waals surface area contributed by atoms with Gasteiger partial charge in [-0.2, -0.15) is 0 Å². The van der Waals surface area contributed by atoms with Crippen LogP contribution in [-0.2, 0) is 0 Å². The standard InChI is InChI=1S/C15H12ClNS/c16-12-7-5-10(6-8-12)15(17)14-9-11-3-1-2-4-13(11)18-14/h1-9,15H,17H2. The lowest BCUT2D eigenvalue weighted by Crippen LogP contribution is -2.09. The first-order valence-corrected chi connectivity index (χ1v) is 6.93. The number of rotatable bonds is 2. The number of nitrogens with two attached hydrogens (primary N) is 1. The molecule has 1 nitrogen and oxygen atoms in total. The van der Waals surface area contributed by atoms with Crippen LogP contribution in [0.15, 0.2) is 54.6 Å². The molecule has 0 fully saturated rings. The largest absolute Gasteiger partial charge is 0.320 e. The van der Waals surface area contributed by atoms with Crippen LogP contribution in [0, 0.1) is 0 Å². The first kappa shape index (κ1) is 11.7. The third kappa shape index (κ3) is 2.15. The molecule has 0 saturated carbocycles. The Labute approximate surface area is 115 Å². The number of benzene rings is 2. The molecule has 1 heterocycles. The zero-order valence-corrected chi connectivity index (χ0v) is 11.2. The number of hydrogen-bond acceptors (Lipinski definition) is 2. The van der Waals surface area contributed by atoms with Crippen molar-refractivity contribution in [3.63, 3.8) is 0 Å². The van der Waals surface area contributed by atoms with Gasteiger partial charge in [-0.1, -0.05) is 41.9 Å². The van der Waals surface area contributed by atoms with Crippen LogP contribution in [0.1, 0.15) is 16.5 Å². The van der Waals surface area contributed by atoms with Gasteiger partial charge in [-0.15, -0.1) is 11.3 Å². The minimum atomic E-state index is -0.0836. The topological polar surface area (TPSA) is 26.0 Å². The Hall–Kier alpha value is -1.35. The fraction of sp³-hybridized carbons (Fsp3) is 0.0667. The average Bonchev–Trinajstić information content (AvgIpc) is 2.82. The van der Waals surface area contributed by atoms with Gasteiger partial charge >= 0.3 is 0 Å². The van der Waals surface area contributed by atoms with Gasteiger partial charge in [-0.25, -0.2) is 0 Å². The second-order valence-corrected chi connectivity index (χ2v) is 5.77. The van der Waals surface area contributed by atoms with E-state index < -0.39 is 0 Å². The Morgan fingerprint density at radius 1 is 1.00 bits per heavy atom. The van der Waals surface area contributed by atoms with Crippen molar-refractivity contribution in [3.05, 3.63) is 70.1 Å². The van der Waals surface area contributed by atoms with E-state index in [4.69, 9.17) is 17.3 Å². The number of halogens is 1. The van der Waals surface area contributed by atoms with Crippen LogP contribution < -0.4 is 5.73 Å². The number of fused-ring (bicyclic) bond motifs is 1. The van der Waals surface area contributed by atoms with Crippen molar-refractivity contribution in [1.29, 1.82) is 0 Å². The third-order valence-electron chi connectivity index (χ3n) is 2.98. The van der Waals surface area contributed by atoms with Crippen molar-refractivity contribution >= 4 is 33.0 Å². The van der Waals surface area contributed by atoms with E-state index in [1.807, 2.05) is 30.3 Å². The van der Waals surface area contributed by atoms with E-state index in [1.165, 1.54) is 15.0 Å². The Bertz CT molecular complexity index is 639. The van der Waals surface area contributed by atoms with E-state index in [0.29, 0.717) is 0 Å². The summed E-state index contributed by atoms with van der Waals surface area (Å²) in [6, 6.07) is 18.1. The van der Waals surface area contributed by atoms with Gasteiger partial charge in [-0.05, 0) is 35.2 Å². The smallest absolute Gasteiger partial charge is 0.0646 e. The molecule has 2 aromatic carbocycles. The van der Waals surface area contributed by atoms with Crippen LogP contribution in [0.5, 0.6) is 0 Å². The van der Waals surface area contributed by atoms with E-state index in [0.717, 1.165) is 10.6 Å². The Morgan fingerprint density at radius 3 is 2.44 bits per heavy atom. The van der Waals surface area contributed by atoms with Gasteiger partial charge in [0.2, 0.25) is 0 Å². The Morgan fingerprint density at radius 2 is 1.72 bits per heavy atom. The predicted octanol–water partition coefficient (Wildman–Crippen LogP) is 4.60. The van der Waals surface area contributed by atoms with E-state index >= 15 is 0 Å². The number of hydrogen-bond donors (Lipinski definition) is 1. The molecule has 0 aliphatic carbocycles. The summed E-state index contributed by atoms with van der Waals surface area (Å²) in [5.74, 6) is 0. The summed E-state index contributed by atoms with van der Waals surface area (Å²) in [5.41, 5.74) is 7.39. The molecule has 90 valence electrons. The van der Waals surface area contributed by atoms with Crippen LogP contribution in [0.3, 0.4) is 0 Å². The molecule has 1 unspecified atom stereocenters. The molecule has 1 atom stereocenters. The van der Waals surface area contributed by atoms with Crippen LogP contribution in [0.4, 0.5) is 0 Å².